The molecule has 0 spiro atoms. The minimum atomic E-state index is 0.0517. The molecule has 0 heterocycles. The Kier molecular flexibility index (Phi) is 4.70. The van der Waals surface area contributed by atoms with Gasteiger partial charge < -0.3 is 10.5 Å². The highest BCUT2D eigenvalue weighted by Crippen LogP contribution is 2.26. The van der Waals surface area contributed by atoms with Gasteiger partial charge in [0.15, 0.2) is 5.78 Å². The van der Waals surface area contributed by atoms with Crippen molar-refractivity contribution in [3.8, 4) is 5.75 Å². The van der Waals surface area contributed by atoms with Gasteiger partial charge in [-0.05, 0) is 44.4 Å². The van der Waals surface area contributed by atoms with E-state index in [1.54, 1.807) is 7.11 Å². The number of hydrogen-bond donors (Lipinski definition) is 1. The summed E-state index contributed by atoms with van der Waals surface area (Å²) in [6.07, 6.45) is 1.17. The maximum Gasteiger partial charge on any atom is 0.166 e. The topological polar surface area (TPSA) is 52.3 Å². The first-order valence-corrected chi connectivity index (χ1v) is 5.89. The Bertz CT molecular complexity index is 411. The lowest BCUT2D eigenvalue weighted by molar-refractivity contribution is 0.0975. The first-order valence-electron chi connectivity index (χ1n) is 5.89. The molecule has 94 valence electrons. The Morgan fingerprint density at radius 1 is 1.41 bits per heavy atom. The minimum absolute atomic E-state index is 0.0517. The van der Waals surface area contributed by atoms with E-state index in [1.165, 1.54) is 0 Å². The van der Waals surface area contributed by atoms with Gasteiger partial charge in [-0.3, -0.25) is 4.79 Å². The van der Waals surface area contributed by atoms with E-state index < -0.39 is 0 Å². The molecule has 0 aliphatic rings. The second-order valence-electron chi connectivity index (χ2n) is 4.60. The zero-order valence-corrected chi connectivity index (χ0v) is 11.0. The fraction of sp³-hybridized carbons (Fsp3) is 0.500. The molecule has 0 aromatic heterocycles. The number of Topliss-reactive ketones (excluding diaryl/α,β-unsaturated/α-hetero) is 1. The summed E-state index contributed by atoms with van der Waals surface area (Å²) >= 11 is 0. The molecular weight excluding hydrogens is 214 g/mol. The molecule has 0 saturated carbocycles. The zero-order valence-electron chi connectivity index (χ0n) is 11.0. The van der Waals surface area contributed by atoms with Crippen LogP contribution in [0, 0.1) is 13.8 Å². The molecule has 1 rings (SSSR count). The molecule has 0 saturated heterocycles. The Labute approximate surface area is 103 Å². The summed E-state index contributed by atoms with van der Waals surface area (Å²) in [5, 5.41) is 0. The molecular formula is C14H21NO2. The van der Waals surface area contributed by atoms with Gasteiger partial charge in [0.25, 0.3) is 0 Å². The van der Waals surface area contributed by atoms with Crippen molar-refractivity contribution in [2.75, 3.05) is 7.11 Å². The SMILES string of the molecule is COc1c(C)cc(C)cc1C(=O)CCC(C)N. The standard InChI is InChI=1S/C14H21NO2/c1-9-7-10(2)14(17-4)12(8-9)13(16)6-5-11(3)15/h7-8,11H,5-6,15H2,1-4H3. The molecule has 0 aliphatic carbocycles. The third-order valence-corrected chi connectivity index (χ3v) is 2.75. The number of ketones is 1. The van der Waals surface area contributed by atoms with Crippen molar-refractivity contribution in [2.24, 2.45) is 5.73 Å². The van der Waals surface area contributed by atoms with Gasteiger partial charge in [-0.15, -0.1) is 0 Å². The van der Waals surface area contributed by atoms with Crippen LogP contribution in [0.2, 0.25) is 0 Å². The molecule has 2 N–H and O–H groups in total. The van der Waals surface area contributed by atoms with Crippen molar-refractivity contribution in [2.45, 2.75) is 39.7 Å². The molecule has 1 aromatic carbocycles. The lowest BCUT2D eigenvalue weighted by Crippen LogP contribution is -2.16. The minimum Gasteiger partial charge on any atom is -0.496 e. The summed E-state index contributed by atoms with van der Waals surface area (Å²) in [4.78, 5) is 12.1. The Balaban J connectivity index is 2.99. The highest BCUT2D eigenvalue weighted by atomic mass is 16.5. The van der Waals surface area contributed by atoms with Crippen LogP contribution >= 0.6 is 0 Å². The van der Waals surface area contributed by atoms with Gasteiger partial charge in [0.2, 0.25) is 0 Å². The summed E-state index contributed by atoms with van der Waals surface area (Å²) in [5.41, 5.74) is 8.41. The Hall–Kier alpha value is -1.35. The number of benzene rings is 1. The van der Waals surface area contributed by atoms with E-state index in [1.807, 2.05) is 32.9 Å². The van der Waals surface area contributed by atoms with Crippen molar-refractivity contribution in [1.82, 2.24) is 0 Å². The number of methoxy groups -OCH3 is 1. The fourth-order valence-corrected chi connectivity index (χ4v) is 1.93. The van der Waals surface area contributed by atoms with Crippen molar-refractivity contribution < 1.29 is 9.53 Å². The van der Waals surface area contributed by atoms with Crippen molar-refractivity contribution in [1.29, 1.82) is 0 Å². The quantitative estimate of drug-likeness (QED) is 0.798. The molecule has 0 aliphatic heterocycles. The van der Waals surface area contributed by atoms with E-state index in [-0.39, 0.29) is 11.8 Å². The van der Waals surface area contributed by atoms with E-state index in [9.17, 15) is 4.79 Å². The maximum absolute atomic E-state index is 12.1. The number of rotatable bonds is 5. The molecule has 17 heavy (non-hydrogen) atoms. The van der Waals surface area contributed by atoms with Crippen LogP contribution in [0.5, 0.6) is 5.75 Å². The van der Waals surface area contributed by atoms with Gasteiger partial charge in [-0.25, -0.2) is 0 Å². The smallest absolute Gasteiger partial charge is 0.166 e. The molecule has 1 atom stereocenters. The highest BCUT2D eigenvalue weighted by Gasteiger charge is 2.15. The normalized spacial score (nSPS) is 12.3. The van der Waals surface area contributed by atoms with Crippen LogP contribution in [-0.4, -0.2) is 18.9 Å². The molecule has 1 unspecified atom stereocenters. The summed E-state index contributed by atoms with van der Waals surface area (Å²) in [6.45, 7) is 5.84. The summed E-state index contributed by atoms with van der Waals surface area (Å²) in [5.74, 6) is 0.788. The predicted octanol–water partition coefficient (Wildman–Crippen LogP) is 2.62. The number of carbonyl (C=O) groups is 1. The zero-order chi connectivity index (χ0) is 13.0. The van der Waals surface area contributed by atoms with Crippen LogP contribution in [0.4, 0.5) is 0 Å². The van der Waals surface area contributed by atoms with Crippen molar-refractivity contribution >= 4 is 5.78 Å². The number of carbonyl (C=O) groups excluding carboxylic acids is 1. The summed E-state index contributed by atoms with van der Waals surface area (Å²) in [6, 6.07) is 3.95. The molecule has 0 amide bonds. The lowest BCUT2D eigenvalue weighted by atomic mass is 9.99. The third-order valence-electron chi connectivity index (χ3n) is 2.75. The maximum atomic E-state index is 12.1. The molecule has 3 heteroatoms. The molecule has 1 aromatic rings. The first kappa shape index (κ1) is 13.7. The number of hydrogen-bond acceptors (Lipinski definition) is 3. The lowest BCUT2D eigenvalue weighted by Gasteiger charge is -2.12. The van der Waals surface area contributed by atoms with E-state index >= 15 is 0 Å². The van der Waals surface area contributed by atoms with Gasteiger partial charge in [0.1, 0.15) is 5.75 Å². The van der Waals surface area contributed by atoms with E-state index in [2.05, 4.69) is 0 Å². The number of nitrogens with two attached hydrogens (primary N) is 1. The average molecular weight is 235 g/mol. The van der Waals surface area contributed by atoms with Crippen LogP contribution in [0.15, 0.2) is 12.1 Å². The summed E-state index contributed by atoms with van der Waals surface area (Å²) in [7, 11) is 1.60. The predicted molar refractivity (Wildman–Crippen MR) is 69.7 cm³/mol. The van der Waals surface area contributed by atoms with E-state index in [0.29, 0.717) is 24.2 Å². The summed E-state index contributed by atoms with van der Waals surface area (Å²) < 4.78 is 5.31. The fourth-order valence-electron chi connectivity index (χ4n) is 1.93. The molecule has 0 fully saturated rings. The molecule has 0 bridgehead atoms. The van der Waals surface area contributed by atoms with Gasteiger partial charge in [0.05, 0.1) is 12.7 Å². The monoisotopic (exact) mass is 235 g/mol. The van der Waals surface area contributed by atoms with Gasteiger partial charge in [-0.2, -0.15) is 0 Å². The van der Waals surface area contributed by atoms with E-state index in [4.69, 9.17) is 10.5 Å². The van der Waals surface area contributed by atoms with Gasteiger partial charge >= 0.3 is 0 Å². The molecule has 0 radical (unpaired) electrons. The van der Waals surface area contributed by atoms with Crippen molar-refractivity contribution in [3.63, 3.8) is 0 Å². The van der Waals surface area contributed by atoms with Crippen LogP contribution in [0.3, 0.4) is 0 Å². The third kappa shape index (κ3) is 3.56. The van der Waals surface area contributed by atoms with Crippen molar-refractivity contribution in [3.05, 3.63) is 28.8 Å². The average Bonchev–Trinajstić information content (AvgIpc) is 2.24. The van der Waals surface area contributed by atoms with Gasteiger partial charge in [-0.1, -0.05) is 6.07 Å². The largest absolute Gasteiger partial charge is 0.496 e. The van der Waals surface area contributed by atoms with E-state index in [0.717, 1.165) is 11.1 Å². The van der Waals surface area contributed by atoms with Gasteiger partial charge in [0, 0.05) is 12.5 Å². The van der Waals surface area contributed by atoms with Crippen LogP contribution in [0.1, 0.15) is 41.3 Å². The van der Waals surface area contributed by atoms with Crippen LogP contribution < -0.4 is 10.5 Å². The number of ether oxygens (including phenoxy) is 1. The molecule has 3 nitrogen and oxygen atoms in total. The second kappa shape index (κ2) is 5.82. The van der Waals surface area contributed by atoms with Crippen LogP contribution in [0.25, 0.3) is 0 Å². The Morgan fingerprint density at radius 2 is 2.06 bits per heavy atom. The van der Waals surface area contributed by atoms with Crippen LogP contribution in [-0.2, 0) is 0 Å². The number of aryl methyl sites for hydroxylation is 2. The second-order valence-corrected chi connectivity index (χ2v) is 4.60. The highest BCUT2D eigenvalue weighted by molar-refractivity contribution is 5.99. The first-order chi connectivity index (χ1) is 7.95. The Morgan fingerprint density at radius 3 is 2.59 bits per heavy atom.